The van der Waals surface area contributed by atoms with E-state index in [2.05, 4.69) is 0 Å². The summed E-state index contributed by atoms with van der Waals surface area (Å²) >= 11 is 0. The van der Waals surface area contributed by atoms with Crippen molar-refractivity contribution in [3.8, 4) is 0 Å². The molecule has 96 valence electrons. The van der Waals surface area contributed by atoms with Gasteiger partial charge in [-0.15, -0.1) is 0 Å². The van der Waals surface area contributed by atoms with E-state index < -0.39 is 5.97 Å². The minimum absolute atomic E-state index is 0.107. The van der Waals surface area contributed by atoms with Gasteiger partial charge in [0, 0.05) is 25.4 Å². The lowest BCUT2D eigenvalue weighted by molar-refractivity contribution is -0.146. The van der Waals surface area contributed by atoms with Gasteiger partial charge in [-0.3, -0.25) is 9.59 Å². The number of carbonyl (C=O) groups excluding carboxylic acids is 1. The first-order valence-electron chi connectivity index (χ1n) is 6.29. The van der Waals surface area contributed by atoms with Crippen LogP contribution in [0.3, 0.4) is 0 Å². The molecular weight excluding hydrogens is 222 g/mol. The van der Waals surface area contributed by atoms with Crippen LogP contribution in [-0.4, -0.2) is 47.7 Å². The Kier molecular flexibility index (Phi) is 3.99. The van der Waals surface area contributed by atoms with E-state index in [1.807, 2.05) is 4.90 Å². The van der Waals surface area contributed by atoms with Crippen molar-refractivity contribution in [1.29, 1.82) is 0 Å². The number of amides is 1. The van der Waals surface area contributed by atoms with E-state index in [9.17, 15) is 9.59 Å². The summed E-state index contributed by atoms with van der Waals surface area (Å²) in [5.74, 6) is -0.357. The zero-order valence-electron chi connectivity index (χ0n) is 9.93. The van der Waals surface area contributed by atoms with Gasteiger partial charge < -0.3 is 14.7 Å². The fraction of sp³-hybridized carbons (Fsp3) is 0.833. The van der Waals surface area contributed by atoms with Gasteiger partial charge in [0.1, 0.15) is 0 Å². The maximum Gasteiger partial charge on any atom is 0.303 e. The minimum Gasteiger partial charge on any atom is -0.481 e. The zero-order valence-corrected chi connectivity index (χ0v) is 9.93. The van der Waals surface area contributed by atoms with Crippen molar-refractivity contribution in [3.05, 3.63) is 0 Å². The number of hydrogen-bond acceptors (Lipinski definition) is 3. The van der Waals surface area contributed by atoms with Gasteiger partial charge in [-0.2, -0.15) is 0 Å². The lowest BCUT2D eigenvalue weighted by Crippen LogP contribution is -2.48. The van der Waals surface area contributed by atoms with Crippen LogP contribution in [0.1, 0.15) is 32.1 Å². The lowest BCUT2D eigenvalue weighted by atomic mass is 9.84. The first-order chi connectivity index (χ1) is 8.16. The third kappa shape index (κ3) is 3.19. The highest BCUT2D eigenvalue weighted by molar-refractivity contribution is 5.79. The topological polar surface area (TPSA) is 66.8 Å². The Morgan fingerprint density at radius 1 is 1.35 bits per heavy atom. The summed E-state index contributed by atoms with van der Waals surface area (Å²) in [5.41, 5.74) is 0. The normalized spacial score (nSPS) is 25.4. The second-order valence-electron chi connectivity index (χ2n) is 4.84. The van der Waals surface area contributed by atoms with Crippen LogP contribution in [0.5, 0.6) is 0 Å². The van der Waals surface area contributed by atoms with E-state index in [1.165, 1.54) is 0 Å². The average molecular weight is 241 g/mol. The van der Waals surface area contributed by atoms with Crippen LogP contribution in [-0.2, 0) is 14.3 Å². The second kappa shape index (κ2) is 5.49. The molecule has 1 amide bonds. The highest BCUT2D eigenvalue weighted by Gasteiger charge is 2.32. The van der Waals surface area contributed by atoms with E-state index in [0.717, 1.165) is 19.3 Å². The lowest BCUT2D eigenvalue weighted by Gasteiger charge is -2.37. The SMILES string of the molecule is O=C(O)CCC1CN(C(=O)C2CCC2)CCO1. The van der Waals surface area contributed by atoms with Crippen molar-refractivity contribution in [2.24, 2.45) is 5.92 Å². The predicted molar refractivity (Wildman–Crippen MR) is 60.5 cm³/mol. The van der Waals surface area contributed by atoms with Crippen molar-refractivity contribution in [1.82, 2.24) is 4.90 Å². The molecule has 0 bridgehead atoms. The molecule has 5 heteroatoms. The Hall–Kier alpha value is -1.10. The number of morpholine rings is 1. The van der Waals surface area contributed by atoms with Gasteiger partial charge >= 0.3 is 5.97 Å². The van der Waals surface area contributed by atoms with Crippen LogP contribution >= 0.6 is 0 Å². The third-order valence-electron chi connectivity index (χ3n) is 3.59. The fourth-order valence-corrected chi connectivity index (χ4v) is 2.29. The molecule has 0 radical (unpaired) electrons. The number of nitrogens with zero attached hydrogens (tertiary/aromatic N) is 1. The number of hydrogen-bond donors (Lipinski definition) is 1. The molecule has 5 nitrogen and oxygen atoms in total. The number of carboxylic acid groups (broad SMARTS) is 1. The van der Waals surface area contributed by atoms with Gasteiger partial charge in [0.05, 0.1) is 12.7 Å². The monoisotopic (exact) mass is 241 g/mol. The summed E-state index contributed by atoms with van der Waals surface area (Å²) in [6, 6.07) is 0. The Labute approximate surface area is 101 Å². The van der Waals surface area contributed by atoms with Gasteiger partial charge in [0.2, 0.25) is 5.91 Å². The summed E-state index contributed by atoms with van der Waals surface area (Å²) in [4.78, 5) is 24.4. The predicted octanol–water partition coefficient (Wildman–Crippen LogP) is 0.879. The molecule has 2 aliphatic rings. The van der Waals surface area contributed by atoms with Gasteiger partial charge in [-0.05, 0) is 19.3 Å². The molecule has 1 aliphatic heterocycles. The summed E-state index contributed by atoms with van der Waals surface area (Å²) in [6.07, 6.45) is 3.67. The summed E-state index contributed by atoms with van der Waals surface area (Å²) in [6.45, 7) is 1.74. The molecule has 1 heterocycles. The molecule has 1 saturated carbocycles. The Morgan fingerprint density at radius 3 is 2.71 bits per heavy atom. The summed E-state index contributed by atoms with van der Waals surface area (Å²) in [5, 5.41) is 8.62. The van der Waals surface area contributed by atoms with Gasteiger partial charge in [0.15, 0.2) is 0 Å². The van der Waals surface area contributed by atoms with Crippen LogP contribution in [0.25, 0.3) is 0 Å². The Bertz CT molecular complexity index is 301. The number of carboxylic acids is 1. The van der Waals surface area contributed by atoms with E-state index in [4.69, 9.17) is 9.84 Å². The molecule has 1 atom stereocenters. The average Bonchev–Trinajstić information content (AvgIpc) is 2.24. The largest absolute Gasteiger partial charge is 0.481 e. The Balaban J connectivity index is 1.79. The molecule has 0 aromatic heterocycles. The third-order valence-corrected chi connectivity index (χ3v) is 3.59. The number of aliphatic carboxylic acids is 1. The van der Waals surface area contributed by atoms with Crippen LogP contribution < -0.4 is 0 Å². The molecule has 1 aliphatic carbocycles. The van der Waals surface area contributed by atoms with Crippen LogP contribution in [0, 0.1) is 5.92 Å². The molecule has 1 unspecified atom stereocenters. The number of carbonyl (C=O) groups is 2. The van der Waals surface area contributed by atoms with Gasteiger partial charge in [-0.25, -0.2) is 0 Å². The smallest absolute Gasteiger partial charge is 0.303 e. The van der Waals surface area contributed by atoms with Crippen molar-refractivity contribution in [2.75, 3.05) is 19.7 Å². The maximum atomic E-state index is 12.0. The quantitative estimate of drug-likeness (QED) is 0.793. The van der Waals surface area contributed by atoms with E-state index >= 15 is 0 Å². The molecule has 0 spiro atoms. The van der Waals surface area contributed by atoms with Crippen molar-refractivity contribution < 1.29 is 19.4 Å². The number of ether oxygens (including phenoxy) is 1. The van der Waals surface area contributed by atoms with Crippen LogP contribution in [0.2, 0.25) is 0 Å². The molecule has 2 rings (SSSR count). The minimum atomic E-state index is -0.809. The highest BCUT2D eigenvalue weighted by Crippen LogP contribution is 2.29. The van der Waals surface area contributed by atoms with Crippen molar-refractivity contribution in [2.45, 2.75) is 38.2 Å². The van der Waals surface area contributed by atoms with E-state index in [0.29, 0.717) is 26.1 Å². The van der Waals surface area contributed by atoms with Crippen LogP contribution in [0.4, 0.5) is 0 Å². The highest BCUT2D eigenvalue weighted by atomic mass is 16.5. The molecule has 0 aromatic carbocycles. The number of rotatable bonds is 4. The molecule has 0 aromatic rings. The molecule has 2 fully saturated rings. The molecule has 1 N–H and O–H groups in total. The van der Waals surface area contributed by atoms with E-state index in [1.54, 1.807) is 0 Å². The van der Waals surface area contributed by atoms with Crippen molar-refractivity contribution >= 4 is 11.9 Å². The first-order valence-corrected chi connectivity index (χ1v) is 6.29. The van der Waals surface area contributed by atoms with Gasteiger partial charge in [-0.1, -0.05) is 6.42 Å². The van der Waals surface area contributed by atoms with Gasteiger partial charge in [0.25, 0.3) is 0 Å². The molecular formula is C12H19NO4. The second-order valence-corrected chi connectivity index (χ2v) is 4.84. The molecule has 17 heavy (non-hydrogen) atoms. The summed E-state index contributed by atoms with van der Waals surface area (Å²) in [7, 11) is 0. The fourth-order valence-electron chi connectivity index (χ4n) is 2.29. The maximum absolute atomic E-state index is 12.0. The Morgan fingerprint density at radius 2 is 2.12 bits per heavy atom. The first kappa shape index (κ1) is 12.4. The van der Waals surface area contributed by atoms with E-state index in [-0.39, 0.29) is 24.3 Å². The molecule has 1 saturated heterocycles. The zero-order chi connectivity index (χ0) is 12.3. The standard InChI is InChI=1S/C12H19NO4/c14-11(15)5-4-10-8-13(6-7-17-10)12(16)9-2-1-3-9/h9-10H,1-8H2,(H,14,15). The summed E-state index contributed by atoms with van der Waals surface area (Å²) < 4.78 is 5.48. The van der Waals surface area contributed by atoms with Crippen LogP contribution in [0.15, 0.2) is 0 Å². The van der Waals surface area contributed by atoms with Crippen molar-refractivity contribution in [3.63, 3.8) is 0 Å².